The molecule has 1 aliphatic heterocycles. The Morgan fingerprint density at radius 1 is 1.17 bits per heavy atom. The lowest BCUT2D eigenvalue weighted by molar-refractivity contribution is 0.327. The molecule has 3 aromatic rings. The van der Waals surface area contributed by atoms with Crippen molar-refractivity contribution in [3.63, 3.8) is 0 Å². The van der Waals surface area contributed by atoms with E-state index in [9.17, 15) is 0 Å². The first kappa shape index (κ1) is 19.7. The van der Waals surface area contributed by atoms with Crippen molar-refractivity contribution in [2.75, 3.05) is 23.7 Å². The van der Waals surface area contributed by atoms with Crippen LogP contribution in [0.5, 0.6) is 0 Å². The highest BCUT2D eigenvalue weighted by atomic mass is 15.4. The van der Waals surface area contributed by atoms with Crippen LogP contribution in [0.4, 0.5) is 11.5 Å². The van der Waals surface area contributed by atoms with E-state index in [-0.39, 0.29) is 5.41 Å². The molecule has 2 aromatic heterocycles. The van der Waals surface area contributed by atoms with Crippen molar-refractivity contribution in [1.29, 1.82) is 0 Å². The average molecular weight is 393 g/mol. The average Bonchev–Trinajstić information content (AvgIpc) is 3.08. The molecule has 1 aromatic carbocycles. The van der Waals surface area contributed by atoms with Gasteiger partial charge in [-0.15, -0.1) is 5.10 Å². The minimum absolute atomic E-state index is 0.172. The van der Waals surface area contributed by atoms with E-state index >= 15 is 0 Å². The highest BCUT2D eigenvalue weighted by Gasteiger charge is 2.16. The molecule has 0 atom stereocenters. The van der Waals surface area contributed by atoms with Crippen LogP contribution >= 0.6 is 0 Å². The van der Waals surface area contributed by atoms with Crippen LogP contribution in [-0.2, 0) is 19.4 Å². The number of rotatable bonds is 6. The van der Waals surface area contributed by atoms with E-state index in [4.69, 9.17) is 4.98 Å². The number of aryl methyl sites for hydroxylation is 3. The number of aromatic nitrogens is 4. The fourth-order valence-electron chi connectivity index (χ4n) is 3.93. The summed E-state index contributed by atoms with van der Waals surface area (Å²) in [6, 6.07) is 8.70. The molecular weight excluding hydrogens is 360 g/mol. The van der Waals surface area contributed by atoms with Gasteiger partial charge in [-0.3, -0.25) is 0 Å². The Hall–Kier alpha value is -2.63. The molecule has 0 spiro atoms. The second kappa shape index (κ2) is 8.01. The zero-order valence-corrected chi connectivity index (χ0v) is 18.0. The topological polar surface area (TPSA) is 67.7 Å². The lowest BCUT2D eigenvalue weighted by Gasteiger charge is -2.18. The largest absolute Gasteiger partial charge is 0.385 e. The number of fused-ring (bicyclic) bond motifs is 2. The molecular formula is C23H32N6. The Morgan fingerprint density at radius 3 is 2.86 bits per heavy atom. The summed E-state index contributed by atoms with van der Waals surface area (Å²) in [5.74, 6) is 1.08. The molecule has 0 fully saturated rings. The van der Waals surface area contributed by atoms with Crippen LogP contribution < -0.4 is 10.6 Å². The second-order valence-corrected chi connectivity index (χ2v) is 9.28. The third-order valence-corrected chi connectivity index (χ3v) is 5.44. The molecule has 0 aliphatic carbocycles. The quantitative estimate of drug-likeness (QED) is 0.601. The maximum atomic E-state index is 4.79. The SMILES string of the molecule is Cc1c(NCCCc2ccc3c(n2)NCCC3)ccc2c1nnn2CC(C)(C)C. The normalized spacial score (nSPS) is 13.9. The summed E-state index contributed by atoms with van der Waals surface area (Å²) in [5.41, 5.74) is 7.08. The van der Waals surface area contributed by atoms with Gasteiger partial charge in [-0.05, 0) is 61.8 Å². The van der Waals surface area contributed by atoms with Gasteiger partial charge in [-0.25, -0.2) is 9.67 Å². The second-order valence-electron chi connectivity index (χ2n) is 9.28. The maximum Gasteiger partial charge on any atom is 0.129 e. The Labute approximate surface area is 173 Å². The van der Waals surface area contributed by atoms with E-state index in [0.717, 1.165) is 67.1 Å². The molecule has 29 heavy (non-hydrogen) atoms. The van der Waals surface area contributed by atoms with E-state index < -0.39 is 0 Å². The predicted octanol–water partition coefficient (Wildman–Crippen LogP) is 4.58. The van der Waals surface area contributed by atoms with Crippen LogP contribution in [0, 0.1) is 12.3 Å². The number of pyridine rings is 1. The van der Waals surface area contributed by atoms with Crippen molar-refractivity contribution >= 4 is 22.5 Å². The summed E-state index contributed by atoms with van der Waals surface area (Å²) in [6.45, 7) is 11.6. The van der Waals surface area contributed by atoms with Crippen molar-refractivity contribution in [3.05, 3.63) is 41.1 Å². The zero-order valence-electron chi connectivity index (χ0n) is 18.0. The minimum atomic E-state index is 0.172. The molecule has 4 rings (SSSR count). The van der Waals surface area contributed by atoms with Crippen molar-refractivity contribution in [2.24, 2.45) is 5.41 Å². The van der Waals surface area contributed by atoms with Crippen LogP contribution in [0.2, 0.25) is 0 Å². The van der Waals surface area contributed by atoms with E-state index in [2.05, 4.69) is 72.9 Å². The zero-order chi connectivity index (χ0) is 20.4. The Kier molecular flexibility index (Phi) is 5.43. The molecule has 0 amide bonds. The number of anilines is 2. The molecule has 0 radical (unpaired) electrons. The van der Waals surface area contributed by atoms with Gasteiger partial charge in [0.05, 0.1) is 5.52 Å². The van der Waals surface area contributed by atoms with Crippen molar-refractivity contribution < 1.29 is 0 Å². The van der Waals surface area contributed by atoms with Crippen LogP contribution in [0.1, 0.15) is 50.4 Å². The molecule has 3 heterocycles. The van der Waals surface area contributed by atoms with E-state index in [0.29, 0.717) is 0 Å². The molecule has 6 heteroatoms. The molecule has 1 aliphatic rings. The third-order valence-electron chi connectivity index (χ3n) is 5.44. The molecule has 6 nitrogen and oxygen atoms in total. The van der Waals surface area contributed by atoms with Gasteiger partial charge in [0.25, 0.3) is 0 Å². The van der Waals surface area contributed by atoms with Crippen LogP contribution in [0.3, 0.4) is 0 Å². The van der Waals surface area contributed by atoms with Gasteiger partial charge in [0.15, 0.2) is 0 Å². The van der Waals surface area contributed by atoms with Crippen molar-refractivity contribution in [1.82, 2.24) is 20.0 Å². The van der Waals surface area contributed by atoms with Crippen molar-refractivity contribution in [2.45, 2.75) is 59.9 Å². The van der Waals surface area contributed by atoms with Gasteiger partial charge in [0.1, 0.15) is 11.3 Å². The number of benzene rings is 1. The maximum absolute atomic E-state index is 4.79. The van der Waals surface area contributed by atoms with Gasteiger partial charge in [0.2, 0.25) is 0 Å². The molecule has 0 saturated heterocycles. The van der Waals surface area contributed by atoms with Crippen LogP contribution in [0.25, 0.3) is 11.0 Å². The van der Waals surface area contributed by atoms with E-state index in [1.165, 1.54) is 17.5 Å². The van der Waals surface area contributed by atoms with Gasteiger partial charge in [-0.2, -0.15) is 0 Å². The number of nitrogens with zero attached hydrogens (tertiary/aromatic N) is 4. The summed E-state index contributed by atoms with van der Waals surface area (Å²) in [7, 11) is 0. The molecule has 0 unspecified atom stereocenters. The first-order valence-electron chi connectivity index (χ1n) is 10.7. The first-order valence-corrected chi connectivity index (χ1v) is 10.7. The smallest absolute Gasteiger partial charge is 0.129 e. The van der Waals surface area contributed by atoms with Crippen molar-refractivity contribution in [3.8, 4) is 0 Å². The summed E-state index contributed by atoms with van der Waals surface area (Å²) in [4.78, 5) is 4.79. The van der Waals surface area contributed by atoms with Gasteiger partial charge in [0, 0.05) is 36.6 Å². The lowest BCUT2D eigenvalue weighted by Crippen LogP contribution is -2.16. The summed E-state index contributed by atoms with van der Waals surface area (Å²) in [5, 5.41) is 15.8. The number of nitrogens with one attached hydrogen (secondary N) is 2. The van der Waals surface area contributed by atoms with Gasteiger partial charge >= 0.3 is 0 Å². The van der Waals surface area contributed by atoms with Gasteiger partial charge in [-0.1, -0.05) is 32.1 Å². The molecule has 0 saturated carbocycles. The highest BCUT2D eigenvalue weighted by Crippen LogP contribution is 2.26. The highest BCUT2D eigenvalue weighted by molar-refractivity contribution is 5.83. The predicted molar refractivity (Wildman–Crippen MR) is 120 cm³/mol. The fourth-order valence-corrected chi connectivity index (χ4v) is 3.93. The van der Waals surface area contributed by atoms with E-state index in [1.54, 1.807) is 0 Å². The number of hydrogen-bond acceptors (Lipinski definition) is 5. The molecule has 0 bridgehead atoms. The van der Waals surface area contributed by atoms with Gasteiger partial charge < -0.3 is 10.6 Å². The summed E-state index contributed by atoms with van der Waals surface area (Å²) in [6.07, 6.45) is 4.36. The fraction of sp³-hybridized carbons (Fsp3) is 0.522. The standard InChI is InChI=1S/C23H32N6/c1-16-19(11-12-20-21(16)27-28-29(20)15-23(2,3)4)24-13-6-8-18-10-9-17-7-5-14-25-22(17)26-18/h9-12,24H,5-8,13-15H2,1-4H3,(H,25,26). The summed E-state index contributed by atoms with van der Waals surface area (Å²) >= 11 is 0. The van der Waals surface area contributed by atoms with Crippen LogP contribution in [-0.4, -0.2) is 33.1 Å². The summed E-state index contributed by atoms with van der Waals surface area (Å²) < 4.78 is 2.02. The minimum Gasteiger partial charge on any atom is -0.385 e. The third kappa shape index (κ3) is 4.52. The molecule has 154 valence electrons. The Balaban J connectivity index is 1.37. The lowest BCUT2D eigenvalue weighted by atomic mass is 9.97. The number of hydrogen-bond donors (Lipinski definition) is 2. The van der Waals surface area contributed by atoms with E-state index in [1.807, 2.05) is 4.68 Å². The van der Waals surface area contributed by atoms with Crippen LogP contribution in [0.15, 0.2) is 24.3 Å². The Morgan fingerprint density at radius 2 is 2.03 bits per heavy atom. The molecule has 2 N–H and O–H groups in total. The monoisotopic (exact) mass is 392 g/mol. The first-order chi connectivity index (χ1) is 13.9. The Bertz CT molecular complexity index is 999.